The van der Waals surface area contributed by atoms with Crippen LogP contribution in [0.3, 0.4) is 0 Å². The molecule has 1 rings (SSSR count). The van der Waals surface area contributed by atoms with Crippen molar-refractivity contribution in [2.24, 2.45) is 0 Å². The third-order valence-corrected chi connectivity index (χ3v) is 2.19. The molecule has 0 saturated carbocycles. The molecule has 0 spiro atoms. The summed E-state index contributed by atoms with van der Waals surface area (Å²) < 4.78 is 5.51. The van der Waals surface area contributed by atoms with E-state index in [4.69, 9.17) is 4.74 Å². The van der Waals surface area contributed by atoms with Crippen LogP contribution in [0.1, 0.15) is 18.9 Å². The van der Waals surface area contributed by atoms with E-state index in [2.05, 4.69) is 6.58 Å². The van der Waals surface area contributed by atoms with Gasteiger partial charge in [0.2, 0.25) is 0 Å². The van der Waals surface area contributed by atoms with Crippen LogP contribution in [0.5, 0.6) is 11.5 Å². The molecule has 0 radical (unpaired) electrons. The molecule has 0 aromatic heterocycles. The fourth-order valence-corrected chi connectivity index (χ4v) is 1.04. The van der Waals surface area contributed by atoms with Crippen LogP contribution < -0.4 is 4.74 Å². The van der Waals surface area contributed by atoms with E-state index in [1.54, 1.807) is 12.1 Å². The minimum Gasteiger partial charge on any atom is -0.508 e. The molecular weight excluding hydrogens is 176 g/mol. The van der Waals surface area contributed by atoms with Crippen molar-refractivity contribution in [3.63, 3.8) is 0 Å². The summed E-state index contributed by atoms with van der Waals surface area (Å²) in [7, 11) is 0. The molecule has 0 aliphatic carbocycles. The zero-order valence-corrected chi connectivity index (χ0v) is 8.71. The molecular formula is C12H16O2. The Morgan fingerprint density at radius 1 is 1.50 bits per heavy atom. The lowest BCUT2D eigenvalue weighted by atomic mass is 10.2. The van der Waals surface area contributed by atoms with E-state index in [0.717, 1.165) is 23.3 Å². The average molecular weight is 192 g/mol. The predicted molar refractivity (Wildman–Crippen MR) is 57.8 cm³/mol. The first-order valence-corrected chi connectivity index (χ1v) is 4.73. The van der Waals surface area contributed by atoms with Crippen LogP contribution in [0, 0.1) is 6.92 Å². The average Bonchev–Trinajstić information content (AvgIpc) is 2.20. The number of aromatic hydroxyl groups is 1. The Morgan fingerprint density at radius 2 is 2.21 bits per heavy atom. The van der Waals surface area contributed by atoms with Crippen molar-refractivity contribution in [1.82, 2.24) is 0 Å². The fraction of sp³-hybridized carbons (Fsp3) is 0.333. The summed E-state index contributed by atoms with van der Waals surface area (Å²) >= 11 is 0. The largest absolute Gasteiger partial charge is 0.508 e. The molecule has 76 valence electrons. The van der Waals surface area contributed by atoms with E-state index in [1.807, 2.05) is 19.9 Å². The minimum absolute atomic E-state index is 0.268. The SMILES string of the molecule is C=C(CC)COc1cccc(O)c1C. The van der Waals surface area contributed by atoms with E-state index in [9.17, 15) is 5.11 Å². The second-order valence-corrected chi connectivity index (χ2v) is 3.29. The summed E-state index contributed by atoms with van der Waals surface area (Å²) in [5.74, 6) is 0.990. The molecule has 0 unspecified atom stereocenters. The molecule has 0 aliphatic heterocycles. The maximum atomic E-state index is 9.42. The number of ether oxygens (including phenoxy) is 1. The van der Waals surface area contributed by atoms with Crippen LogP contribution in [0.15, 0.2) is 30.4 Å². The normalized spacial score (nSPS) is 9.86. The van der Waals surface area contributed by atoms with Gasteiger partial charge < -0.3 is 9.84 Å². The Labute approximate surface area is 84.8 Å². The summed E-state index contributed by atoms with van der Waals surface area (Å²) in [4.78, 5) is 0. The van der Waals surface area contributed by atoms with Crippen LogP contribution in [0.4, 0.5) is 0 Å². The zero-order chi connectivity index (χ0) is 10.6. The Morgan fingerprint density at radius 3 is 2.86 bits per heavy atom. The van der Waals surface area contributed by atoms with Crippen molar-refractivity contribution in [2.45, 2.75) is 20.3 Å². The number of benzene rings is 1. The van der Waals surface area contributed by atoms with E-state index in [1.165, 1.54) is 0 Å². The highest BCUT2D eigenvalue weighted by molar-refractivity contribution is 5.42. The molecule has 0 bridgehead atoms. The summed E-state index contributed by atoms with van der Waals surface area (Å²) in [6.45, 7) is 8.24. The van der Waals surface area contributed by atoms with Crippen molar-refractivity contribution in [1.29, 1.82) is 0 Å². The Hall–Kier alpha value is -1.44. The van der Waals surface area contributed by atoms with Gasteiger partial charge in [-0.1, -0.05) is 19.6 Å². The van der Waals surface area contributed by atoms with Gasteiger partial charge in [-0.25, -0.2) is 0 Å². The van der Waals surface area contributed by atoms with Crippen molar-refractivity contribution in [2.75, 3.05) is 6.61 Å². The lowest BCUT2D eigenvalue weighted by Crippen LogP contribution is -2.00. The van der Waals surface area contributed by atoms with Gasteiger partial charge in [-0.15, -0.1) is 0 Å². The molecule has 0 saturated heterocycles. The summed E-state index contributed by atoms with van der Waals surface area (Å²) in [5, 5.41) is 9.42. The van der Waals surface area contributed by atoms with Crippen LogP contribution in [-0.4, -0.2) is 11.7 Å². The van der Waals surface area contributed by atoms with Crippen molar-refractivity contribution < 1.29 is 9.84 Å². The van der Waals surface area contributed by atoms with Crippen LogP contribution in [-0.2, 0) is 0 Å². The van der Waals surface area contributed by atoms with Gasteiger partial charge >= 0.3 is 0 Å². The van der Waals surface area contributed by atoms with Gasteiger partial charge in [-0.2, -0.15) is 0 Å². The van der Waals surface area contributed by atoms with Crippen LogP contribution in [0.2, 0.25) is 0 Å². The van der Waals surface area contributed by atoms with Crippen LogP contribution >= 0.6 is 0 Å². The van der Waals surface area contributed by atoms with Gasteiger partial charge in [0, 0.05) is 5.56 Å². The second kappa shape index (κ2) is 4.70. The predicted octanol–water partition coefficient (Wildman–Crippen LogP) is 3.05. The smallest absolute Gasteiger partial charge is 0.126 e. The monoisotopic (exact) mass is 192 g/mol. The van der Waals surface area contributed by atoms with Crippen LogP contribution in [0.25, 0.3) is 0 Å². The molecule has 1 N–H and O–H groups in total. The molecule has 0 heterocycles. The van der Waals surface area contributed by atoms with Gasteiger partial charge in [-0.05, 0) is 31.1 Å². The van der Waals surface area contributed by atoms with Crippen molar-refractivity contribution >= 4 is 0 Å². The van der Waals surface area contributed by atoms with E-state index < -0.39 is 0 Å². The van der Waals surface area contributed by atoms with Crippen molar-refractivity contribution in [3.05, 3.63) is 35.9 Å². The topological polar surface area (TPSA) is 29.5 Å². The first kappa shape index (κ1) is 10.6. The molecule has 1 aromatic carbocycles. The summed E-state index contributed by atoms with van der Waals surface area (Å²) in [6, 6.07) is 5.27. The molecule has 1 aromatic rings. The Kier molecular flexibility index (Phi) is 3.57. The summed E-state index contributed by atoms with van der Waals surface area (Å²) in [5.41, 5.74) is 1.82. The quantitative estimate of drug-likeness (QED) is 0.743. The number of hydrogen-bond acceptors (Lipinski definition) is 2. The lowest BCUT2D eigenvalue weighted by molar-refractivity contribution is 0.343. The first-order valence-electron chi connectivity index (χ1n) is 4.73. The minimum atomic E-state index is 0.268. The third-order valence-electron chi connectivity index (χ3n) is 2.19. The van der Waals surface area contributed by atoms with Gasteiger partial charge in [0.15, 0.2) is 0 Å². The molecule has 0 amide bonds. The second-order valence-electron chi connectivity index (χ2n) is 3.29. The van der Waals surface area contributed by atoms with Gasteiger partial charge in [0.1, 0.15) is 18.1 Å². The zero-order valence-electron chi connectivity index (χ0n) is 8.71. The highest BCUT2D eigenvalue weighted by Gasteiger charge is 2.03. The standard InChI is InChI=1S/C12H16O2/c1-4-9(2)8-14-12-7-5-6-11(13)10(12)3/h5-7,13H,2,4,8H2,1,3H3. The number of phenols is 1. The number of rotatable bonds is 4. The Bertz CT molecular complexity index is 329. The third kappa shape index (κ3) is 2.52. The lowest BCUT2D eigenvalue weighted by Gasteiger charge is -2.10. The highest BCUT2D eigenvalue weighted by atomic mass is 16.5. The van der Waals surface area contributed by atoms with Crippen molar-refractivity contribution in [3.8, 4) is 11.5 Å². The fourth-order valence-electron chi connectivity index (χ4n) is 1.04. The van der Waals surface area contributed by atoms with E-state index in [-0.39, 0.29) is 5.75 Å². The summed E-state index contributed by atoms with van der Waals surface area (Å²) in [6.07, 6.45) is 0.915. The van der Waals surface area contributed by atoms with E-state index in [0.29, 0.717) is 6.61 Å². The molecule has 0 aliphatic rings. The van der Waals surface area contributed by atoms with Gasteiger partial charge in [0.05, 0.1) is 0 Å². The molecule has 2 heteroatoms. The number of phenolic OH excluding ortho intramolecular Hbond substituents is 1. The molecule has 0 atom stereocenters. The van der Waals surface area contributed by atoms with Gasteiger partial charge in [-0.3, -0.25) is 0 Å². The highest BCUT2D eigenvalue weighted by Crippen LogP contribution is 2.26. The molecule has 14 heavy (non-hydrogen) atoms. The molecule has 0 fully saturated rings. The Balaban J connectivity index is 2.68. The number of hydrogen-bond donors (Lipinski definition) is 1. The first-order chi connectivity index (χ1) is 6.65. The van der Waals surface area contributed by atoms with Gasteiger partial charge in [0.25, 0.3) is 0 Å². The maximum absolute atomic E-state index is 9.42. The maximum Gasteiger partial charge on any atom is 0.126 e. The van der Waals surface area contributed by atoms with E-state index >= 15 is 0 Å². The molecule has 2 nitrogen and oxygen atoms in total.